The van der Waals surface area contributed by atoms with Crippen LogP contribution in [-0.4, -0.2) is 101 Å². The van der Waals surface area contributed by atoms with Gasteiger partial charge >= 0.3 is 12.1 Å². The van der Waals surface area contributed by atoms with Crippen LogP contribution in [0.2, 0.25) is 0 Å². The van der Waals surface area contributed by atoms with Crippen molar-refractivity contribution in [3.05, 3.63) is 35.9 Å². The van der Waals surface area contributed by atoms with E-state index in [1.807, 2.05) is 6.07 Å². The van der Waals surface area contributed by atoms with Crippen LogP contribution in [0.4, 0.5) is 4.79 Å². The van der Waals surface area contributed by atoms with Crippen LogP contribution >= 0.6 is 12.4 Å². The van der Waals surface area contributed by atoms with E-state index >= 15 is 0 Å². The highest BCUT2D eigenvalue weighted by Gasteiger charge is 2.39. The Balaban J connectivity index is 0.00000481. The number of benzene rings is 1. The Morgan fingerprint density at radius 3 is 2.54 bits per heavy atom. The number of carboxylic acid groups (broad SMARTS) is 1. The zero-order valence-corrected chi connectivity index (χ0v) is 21.3. The number of carbonyl (C=O) groups excluding carboxylic acids is 3. The first kappa shape index (κ1) is 29.6. The number of carboxylic acids is 1. The molecule has 1 aliphatic carbocycles. The third-order valence-electron chi connectivity index (χ3n) is 5.97. The van der Waals surface area contributed by atoms with Crippen molar-refractivity contribution in [1.29, 1.82) is 5.41 Å². The van der Waals surface area contributed by atoms with Crippen molar-refractivity contribution >= 4 is 42.2 Å². The van der Waals surface area contributed by atoms with Gasteiger partial charge in [0.25, 0.3) is 0 Å². The molecule has 13 nitrogen and oxygen atoms in total. The Morgan fingerprint density at radius 2 is 1.95 bits per heavy atom. The second-order valence-corrected chi connectivity index (χ2v) is 8.72. The Kier molecular flexibility index (Phi) is 10.9. The first-order valence-electron chi connectivity index (χ1n) is 11.6. The lowest BCUT2D eigenvalue weighted by atomic mass is 10.1. The number of likely N-dealkylation sites (N-methyl/N-ethyl adjacent to an activating group) is 1. The minimum Gasteiger partial charge on any atom is -0.480 e. The Bertz CT molecular complexity index is 978. The number of nitrogens with zero attached hydrogens (tertiary/aromatic N) is 3. The fourth-order valence-corrected chi connectivity index (χ4v) is 3.79. The Labute approximate surface area is 220 Å². The van der Waals surface area contributed by atoms with Crippen molar-refractivity contribution in [1.82, 2.24) is 20.0 Å². The topological polar surface area (TPSA) is 179 Å². The number of halogens is 1. The lowest BCUT2D eigenvalue weighted by Crippen LogP contribution is -2.56. The van der Waals surface area contributed by atoms with E-state index in [1.54, 1.807) is 29.2 Å². The van der Waals surface area contributed by atoms with Crippen molar-refractivity contribution in [2.45, 2.75) is 44.2 Å². The average Bonchev–Trinajstić information content (AvgIpc) is 3.70. The predicted molar refractivity (Wildman–Crippen MR) is 134 cm³/mol. The van der Waals surface area contributed by atoms with Gasteiger partial charge in [-0.2, -0.15) is 0 Å². The number of aliphatic carboxylic acids is 1. The molecule has 0 radical (unpaired) electrons. The first-order valence-corrected chi connectivity index (χ1v) is 11.6. The zero-order chi connectivity index (χ0) is 26.2. The van der Waals surface area contributed by atoms with Crippen LogP contribution in [-0.2, 0) is 30.5 Å². The average molecular weight is 541 g/mol. The highest BCUT2D eigenvalue weighted by Crippen LogP contribution is 2.27. The summed E-state index contributed by atoms with van der Waals surface area (Å²) in [6.45, 7) is 0.261. The van der Waals surface area contributed by atoms with Gasteiger partial charge in [0, 0.05) is 19.6 Å². The summed E-state index contributed by atoms with van der Waals surface area (Å²) >= 11 is 0. The van der Waals surface area contributed by atoms with Crippen molar-refractivity contribution in [3.8, 4) is 0 Å². The van der Waals surface area contributed by atoms with Gasteiger partial charge in [0.2, 0.25) is 11.8 Å². The van der Waals surface area contributed by atoms with Crippen molar-refractivity contribution in [2.24, 2.45) is 5.73 Å². The molecule has 2 aliphatic rings. The van der Waals surface area contributed by atoms with Crippen LogP contribution in [0.15, 0.2) is 30.3 Å². The molecule has 1 aromatic carbocycles. The maximum absolute atomic E-state index is 13.3. The number of guanidine groups is 1. The smallest absolute Gasteiger partial charge is 0.408 e. The molecule has 3 rings (SSSR count). The number of morpholine rings is 1. The Morgan fingerprint density at radius 1 is 1.27 bits per heavy atom. The van der Waals surface area contributed by atoms with Crippen LogP contribution in [0.1, 0.15) is 24.8 Å². The standard InChI is InChI=1S/C23H32N6O7.ClH/c1-27(19-12-28(22(24)25)9-10-35-19)18(30)11-17(21(33)29(13-20(31)32)16-7-8-16)26-23(34)36-14-15-5-3-2-4-6-15;/h2-6,16-17,19H,7-14H2,1H3,(H3,24,25)(H,26,34)(H,31,32);1H/t17-,19?;/m0./s1. The fraction of sp³-hybridized carbons (Fsp3) is 0.522. The number of nitrogens with one attached hydrogen (secondary N) is 2. The summed E-state index contributed by atoms with van der Waals surface area (Å²) in [6, 6.07) is 7.35. The lowest BCUT2D eigenvalue weighted by Gasteiger charge is -2.38. The van der Waals surface area contributed by atoms with E-state index in [2.05, 4.69) is 5.32 Å². The minimum atomic E-state index is -1.34. The van der Waals surface area contributed by atoms with Gasteiger partial charge < -0.3 is 40.3 Å². The lowest BCUT2D eigenvalue weighted by molar-refractivity contribution is -0.152. The summed E-state index contributed by atoms with van der Waals surface area (Å²) in [4.78, 5) is 54.2. The third kappa shape index (κ3) is 8.79. The zero-order valence-electron chi connectivity index (χ0n) is 20.5. The fourth-order valence-electron chi connectivity index (χ4n) is 3.79. The molecule has 1 heterocycles. The second-order valence-electron chi connectivity index (χ2n) is 8.72. The number of hydrogen-bond donors (Lipinski definition) is 4. The monoisotopic (exact) mass is 540 g/mol. The molecule has 2 atom stereocenters. The van der Waals surface area contributed by atoms with E-state index < -0.39 is 49.1 Å². The van der Waals surface area contributed by atoms with E-state index in [0.717, 1.165) is 5.56 Å². The number of amides is 3. The quantitative estimate of drug-likeness (QED) is 0.238. The van der Waals surface area contributed by atoms with Crippen LogP contribution in [0.25, 0.3) is 0 Å². The summed E-state index contributed by atoms with van der Waals surface area (Å²) in [6.07, 6.45) is -0.757. The molecule has 1 aromatic rings. The molecule has 1 saturated heterocycles. The highest BCUT2D eigenvalue weighted by molar-refractivity contribution is 5.92. The van der Waals surface area contributed by atoms with Crippen LogP contribution in [0.5, 0.6) is 0 Å². The molecule has 1 saturated carbocycles. The largest absolute Gasteiger partial charge is 0.480 e. The van der Waals surface area contributed by atoms with E-state index in [-0.39, 0.29) is 44.2 Å². The first-order chi connectivity index (χ1) is 17.2. The van der Waals surface area contributed by atoms with Crippen molar-refractivity contribution < 1.29 is 33.8 Å². The summed E-state index contributed by atoms with van der Waals surface area (Å²) in [7, 11) is 1.49. The summed E-state index contributed by atoms with van der Waals surface area (Å²) in [5.74, 6) is -2.52. The normalized spacial score (nSPS) is 17.5. The molecule has 14 heteroatoms. The number of nitrogens with two attached hydrogens (primary N) is 1. The molecule has 5 N–H and O–H groups in total. The molecule has 0 spiro atoms. The highest BCUT2D eigenvalue weighted by atomic mass is 35.5. The van der Waals surface area contributed by atoms with Crippen molar-refractivity contribution in [2.75, 3.05) is 33.3 Å². The number of rotatable bonds is 10. The molecule has 37 heavy (non-hydrogen) atoms. The van der Waals surface area contributed by atoms with Crippen LogP contribution < -0.4 is 11.1 Å². The molecule has 2 fully saturated rings. The molecule has 0 aromatic heterocycles. The SMILES string of the molecule is CN(C(=O)C[C@H](NC(=O)OCc1ccccc1)C(=O)N(CC(=O)O)C1CC1)C1CN(C(=N)N)CCO1.Cl. The van der Waals surface area contributed by atoms with Crippen molar-refractivity contribution in [3.63, 3.8) is 0 Å². The number of carbonyl (C=O) groups is 4. The number of hydrogen-bond acceptors (Lipinski definition) is 7. The van der Waals surface area contributed by atoms with Crippen LogP contribution in [0.3, 0.4) is 0 Å². The maximum Gasteiger partial charge on any atom is 0.408 e. The van der Waals surface area contributed by atoms with E-state index in [9.17, 15) is 24.3 Å². The molecule has 3 amide bonds. The van der Waals surface area contributed by atoms with Gasteiger partial charge in [-0.25, -0.2) is 4.79 Å². The van der Waals surface area contributed by atoms with E-state index in [1.165, 1.54) is 16.8 Å². The van der Waals surface area contributed by atoms with Gasteiger partial charge in [-0.3, -0.25) is 19.8 Å². The molecule has 204 valence electrons. The van der Waals surface area contributed by atoms with E-state index in [0.29, 0.717) is 19.4 Å². The van der Waals surface area contributed by atoms with Gasteiger partial charge in [0.1, 0.15) is 25.4 Å². The molecule has 0 bridgehead atoms. The number of ether oxygens (including phenoxy) is 2. The maximum atomic E-state index is 13.3. The van der Waals surface area contributed by atoms with Crippen LogP contribution in [0, 0.1) is 5.41 Å². The Hall–Kier alpha value is -3.58. The summed E-state index contributed by atoms with van der Waals surface area (Å²) in [5, 5.41) is 19.3. The van der Waals surface area contributed by atoms with Gasteiger partial charge in [-0.05, 0) is 18.4 Å². The third-order valence-corrected chi connectivity index (χ3v) is 5.97. The predicted octanol–water partition coefficient (Wildman–Crippen LogP) is 0.179. The number of alkyl carbamates (subject to hydrolysis) is 1. The van der Waals surface area contributed by atoms with E-state index in [4.69, 9.17) is 20.6 Å². The molecular weight excluding hydrogens is 508 g/mol. The molecule has 1 aliphatic heterocycles. The second kappa shape index (κ2) is 13.7. The van der Waals surface area contributed by atoms with Gasteiger partial charge in [0.15, 0.2) is 5.96 Å². The van der Waals surface area contributed by atoms with Gasteiger partial charge in [0.05, 0.1) is 19.6 Å². The molecule has 1 unspecified atom stereocenters. The summed E-state index contributed by atoms with van der Waals surface area (Å²) < 4.78 is 10.8. The van der Waals surface area contributed by atoms with Gasteiger partial charge in [-0.15, -0.1) is 12.4 Å². The molecular formula is C23H33ClN6O7. The van der Waals surface area contributed by atoms with Gasteiger partial charge in [-0.1, -0.05) is 30.3 Å². The summed E-state index contributed by atoms with van der Waals surface area (Å²) in [5.41, 5.74) is 6.29. The minimum absolute atomic E-state index is 0.